The molecule has 1 aliphatic rings. The van der Waals surface area contributed by atoms with E-state index in [0.717, 1.165) is 18.4 Å². The Morgan fingerprint density at radius 2 is 1.87 bits per heavy atom. The van der Waals surface area contributed by atoms with E-state index >= 15 is 0 Å². The number of carbonyl (C=O) groups excluding carboxylic acids is 1. The molecule has 162 valence electrons. The Labute approximate surface area is 171 Å². The van der Waals surface area contributed by atoms with Crippen molar-refractivity contribution in [3.63, 3.8) is 0 Å². The highest BCUT2D eigenvalue weighted by molar-refractivity contribution is 7.92. The lowest BCUT2D eigenvalue weighted by Gasteiger charge is -2.27. The number of rotatable bonds is 6. The average Bonchev–Trinajstić information content (AvgIpc) is 2.69. The van der Waals surface area contributed by atoms with Crippen LogP contribution in [0.1, 0.15) is 5.56 Å². The first kappa shape index (κ1) is 21.8. The first-order valence-corrected chi connectivity index (χ1v) is 10.7. The highest BCUT2D eigenvalue weighted by Crippen LogP contribution is 2.32. The molecule has 0 aromatic heterocycles. The van der Waals surface area contributed by atoms with E-state index in [-0.39, 0.29) is 18.8 Å². The van der Waals surface area contributed by atoms with Crippen LogP contribution in [0.15, 0.2) is 48.5 Å². The van der Waals surface area contributed by atoms with Crippen molar-refractivity contribution in [2.45, 2.75) is 12.3 Å². The van der Waals surface area contributed by atoms with Crippen molar-refractivity contribution in [1.82, 2.24) is 5.32 Å². The van der Waals surface area contributed by atoms with E-state index < -0.39 is 40.3 Å². The molecular weight excluding hydrogens is 425 g/mol. The number of carbonyl (C=O) groups is 1. The minimum absolute atomic E-state index is 0.0351. The third-order valence-electron chi connectivity index (χ3n) is 4.24. The zero-order chi connectivity index (χ0) is 21.9. The number of benzene rings is 2. The lowest BCUT2D eigenvalue weighted by Crippen LogP contribution is -2.45. The van der Waals surface area contributed by atoms with E-state index in [0.29, 0.717) is 21.9 Å². The number of fused-ring (bicyclic) bond motifs is 1. The summed E-state index contributed by atoms with van der Waals surface area (Å²) >= 11 is 0. The Balaban J connectivity index is 1.66. The number of alkyl halides is 3. The molecule has 30 heavy (non-hydrogen) atoms. The van der Waals surface area contributed by atoms with E-state index in [9.17, 15) is 26.4 Å². The van der Waals surface area contributed by atoms with Gasteiger partial charge in [-0.25, -0.2) is 8.42 Å². The van der Waals surface area contributed by atoms with Crippen molar-refractivity contribution >= 4 is 21.6 Å². The molecule has 1 N–H and O–H groups in total. The predicted molar refractivity (Wildman–Crippen MR) is 103 cm³/mol. The van der Waals surface area contributed by atoms with Crippen LogP contribution in [0, 0.1) is 0 Å². The number of halogens is 3. The number of hydrogen-bond acceptors (Lipinski definition) is 5. The maximum absolute atomic E-state index is 12.9. The lowest BCUT2D eigenvalue weighted by atomic mass is 10.2. The van der Waals surface area contributed by atoms with Gasteiger partial charge >= 0.3 is 6.18 Å². The Kier molecular flexibility index (Phi) is 6.11. The second-order valence-electron chi connectivity index (χ2n) is 6.62. The third kappa shape index (κ3) is 5.35. The van der Waals surface area contributed by atoms with Gasteiger partial charge in [0.15, 0.2) is 11.5 Å². The summed E-state index contributed by atoms with van der Waals surface area (Å²) in [6, 6.07) is 10.8. The quantitative estimate of drug-likeness (QED) is 0.740. The minimum Gasteiger partial charge on any atom is -0.486 e. The fraction of sp³-hybridized carbons (Fsp3) is 0.316. The first-order chi connectivity index (χ1) is 14.0. The number of anilines is 1. The Hall–Kier alpha value is -2.95. The van der Waals surface area contributed by atoms with E-state index in [4.69, 9.17) is 9.47 Å². The van der Waals surface area contributed by atoms with Gasteiger partial charge in [0.1, 0.15) is 19.3 Å². The van der Waals surface area contributed by atoms with Gasteiger partial charge < -0.3 is 14.8 Å². The molecule has 1 amide bonds. The van der Waals surface area contributed by atoms with Crippen molar-refractivity contribution in [3.8, 4) is 11.5 Å². The van der Waals surface area contributed by atoms with Crippen LogP contribution in [0.3, 0.4) is 0 Å². The molecule has 0 saturated carbocycles. The molecule has 2 aromatic rings. The summed E-state index contributed by atoms with van der Waals surface area (Å²) in [5.74, 6) is 0.401. The van der Waals surface area contributed by atoms with Gasteiger partial charge in [-0.3, -0.25) is 9.10 Å². The van der Waals surface area contributed by atoms with Crippen molar-refractivity contribution < 1.29 is 35.9 Å². The standard InChI is InChI=1S/C19H19F3N2O5S/c1-30(26,27)24(14-6-4-5-13(9-14)19(20,21)22)11-18(25)23-10-15-12-28-16-7-2-3-8-17(16)29-15/h2-9,15H,10-12H2,1H3,(H,23,25)/t15-/m1/s1. The topological polar surface area (TPSA) is 84.9 Å². The van der Waals surface area contributed by atoms with Gasteiger partial charge in [-0.15, -0.1) is 0 Å². The van der Waals surface area contributed by atoms with Crippen LogP contribution in [0.2, 0.25) is 0 Å². The summed E-state index contributed by atoms with van der Waals surface area (Å²) in [5.41, 5.74) is -1.27. The van der Waals surface area contributed by atoms with Gasteiger partial charge in [0.25, 0.3) is 0 Å². The van der Waals surface area contributed by atoms with E-state index in [2.05, 4.69) is 5.32 Å². The average molecular weight is 444 g/mol. The predicted octanol–water partition coefficient (Wildman–Crippen LogP) is 2.43. The highest BCUT2D eigenvalue weighted by atomic mass is 32.2. The van der Waals surface area contributed by atoms with Crippen molar-refractivity contribution in [1.29, 1.82) is 0 Å². The molecule has 0 spiro atoms. The summed E-state index contributed by atoms with van der Waals surface area (Å²) in [7, 11) is -4.01. The maximum Gasteiger partial charge on any atom is 0.416 e. The maximum atomic E-state index is 12.9. The fourth-order valence-corrected chi connectivity index (χ4v) is 3.66. The summed E-state index contributed by atoms with van der Waals surface area (Å²) in [4.78, 5) is 12.3. The molecule has 0 aliphatic carbocycles. The van der Waals surface area contributed by atoms with Crippen molar-refractivity contribution in [3.05, 3.63) is 54.1 Å². The number of para-hydroxylation sites is 2. The van der Waals surface area contributed by atoms with Gasteiger partial charge in [-0.05, 0) is 30.3 Å². The summed E-state index contributed by atoms with van der Waals surface area (Å²) in [5, 5.41) is 2.53. The van der Waals surface area contributed by atoms with Crippen LogP contribution in [0.25, 0.3) is 0 Å². The summed E-state index contributed by atoms with van der Waals surface area (Å²) < 4.78 is 74.9. The van der Waals surface area contributed by atoms with Crippen LogP contribution in [0.4, 0.5) is 18.9 Å². The molecule has 7 nitrogen and oxygen atoms in total. The van der Waals surface area contributed by atoms with Gasteiger partial charge in [0.2, 0.25) is 15.9 Å². The molecule has 0 bridgehead atoms. The number of sulfonamides is 1. The van der Waals surface area contributed by atoms with Gasteiger partial charge in [0, 0.05) is 0 Å². The van der Waals surface area contributed by atoms with Crippen LogP contribution in [0.5, 0.6) is 11.5 Å². The molecule has 0 saturated heterocycles. The van der Waals surface area contributed by atoms with Crippen LogP contribution >= 0.6 is 0 Å². The van der Waals surface area contributed by atoms with Gasteiger partial charge in [0.05, 0.1) is 24.1 Å². The van der Waals surface area contributed by atoms with Crippen LogP contribution in [-0.2, 0) is 21.0 Å². The minimum atomic E-state index is -4.64. The number of amides is 1. The molecule has 0 fully saturated rings. The van der Waals surface area contributed by atoms with Gasteiger partial charge in [-0.1, -0.05) is 18.2 Å². The largest absolute Gasteiger partial charge is 0.486 e. The van der Waals surface area contributed by atoms with Crippen molar-refractivity contribution in [2.75, 3.05) is 30.3 Å². The zero-order valence-corrected chi connectivity index (χ0v) is 16.7. The Morgan fingerprint density at radius 1 is 1.17 bits per heavy atom. The normalized spacial score (nSPS) is 16.1. The van der Waals surface area contributed by atoms with Gasteiger partial charge in [-0.2, -0.15) is 13.2 Å². The van der Waals surface area contributed by atoms with E-state index in [1.807, 2.05) is 0 Å². The number of hydrogen-bond donors (Lipinski definition) is 1. The zero-order valence-electron chi connectivity index (χ0n) is 15.8. The number of ether oxygens (including phenoxy) is 2. The summed E-state index contributed by atoms with van der Waals surface area (Å²) in [6.07, 6.45) is -4.32. The third-order valence-corrected chi connectivity index (χ3v) is 5.38. The molecular formula is C19H19F3N2O5S. The van der Waals surface area contributed by atoms with E-state index in [1.54, 1.807) is 24.3 Å². The fourth-order valence-electron chi connectivity index (χ4n) is 2.82. The monoisotopic (exact) mass is 444 g/mol. The smallest absolute Gasteiger partial charge is 0.416 e. The molecule has 11 heteroatoms. The summed E-state index contributed by atoms with van der Waals surface area (Å²) in [6.45, 7) is -0.460. The molecule has 1 aliphatic heterocycles. The molecule has 3 rings (SSSR count). The number of nitrogens with zero attached hydrogens (tertiary/aromatic N) is 1. The van der Waals surface area contributed by atoms with E-state index in [1.165, 1.54) is 6.07 Å². The Morgan fingerprint density at radius 3 is 2.53 bits per heavy atom. The first-order valence-electron chi connectivity index (χ1n) is 8.84. The SMILES string of the molecule is CS(=O)(=O)N(CC(=O)NC[C@@H]1COc2ccccc2O1)c1cccc(C(F)(F)F)c1. The highest BCUT2D eigenvalue weighted by Gasteiger charge is 2.32. The lowest BCUT2D eigenvalue weighted by molar-refractivity contribution is -0.137. The molecule has 1 heterocycles. The molecule has 0 radical (unpaired) electrons. The van der Waals surface area contributed by atoms with Crippen molar-refractivity contribution in [2.24, 2.45) is 0 Å². The van der Waals surface area contributed by atoms with Crippen LogP contribution in [-0.4, -0.2) is 46.4 Å². The second kappa shape index (κ2) is 8.42. The van der Waals surface area contributed by atoms with Crippen LogP contribution < -0.4 is 19.1 Å². The Bertz CT molecular complexity index is 1030. The molecule has 1 atom stereocenters. The molecule has 2 aromatic carbocycles. The molecule has 0 unspecified atom stereocenters. The number of nitrogens with one attached hydrogen (secondary N) is 1. The second-order valence-corrected chi connectivity index (χ2v) is 8.53.